The SMILES string of the molecule is Cl.NCC(=O)NCC(=O)N1CCCC1Cc1ccccc1. The van der Waals surface area contributed by atoms with E-state index in [1.807, 2.05) is 23.1 Å². The van der Waals surface area contributed by atoms with Gasteiger partial charge in [-0.25, -0.2) is 0 Å². The molecule has 1 aromatic carbocycles. The Morgan fingerprint density at radius 3 is 2.67 bits per heavy atom. The van der Waals surface area contributed by atoms with Gasteiger partial charge in [-0.3, -0.25) is 9.59 Å². The molecule has 0 bridgehead atoms. The van der Waals surface area contributed by atoms with E-state index in [0.29, 0.717) is 0 Å². The molecule has 2 amide bonds. The van der Waals surface area contributed by atoms with Crippen molar-refractivity contribution in [2.75, 3.05) is 19.6 Å². The van der Waals surface area contributed by atoms with Crippen molar-refractivity contribution in [2.24, 2.45) is 5.73 Å². The maximum absolute atomic E-state index is 12.1. The molecule has 1 aromatic rings. The van der Waals surface area contributed by atoms with Gasteiger partial charge in [0, 0.05) is 12.6 Å². The van der Waals surface area contributed by atoms with Gasteiger partial charge < -0.3 is 16.0 Å². The zero-order chi connectivity index (χ0) is 14.4. The van der Waals surface area contributed by atoms with Crippen molar-refractivity contribution >= 4 is 24.2 Å². The van der Waals surface area contributed by atoms with Gasteiger partial charge in [-0.2, -0.15) is 0 Å². The minimum Gasteiger partial charge on any atom is -0.346 e. The molecule has 0 aliphatic carbocycles. The first-order valence-corrected chi connectivity index (χ1v) is 7.01. The number of carbonyl (C=O) groups is 2. The van der Waals surface area contributed by atoms with Crippen LogP contribution in [0.2, 0.25) is 0 Å². The van der Waals surface area contributed by atoms with Gasteiger partial charge >= 0.3 is 0 Å². The normalized spacial score (nSPS) is 17.2. The van der Waals surface area contributed by atoms with Crippen LogP contribution in [-0.4, -0.2) is 42.4 Å². The number of rotatable bonds is 5. The highest BCUT2D eigenvalue weighted by Crippen LogP contribution is 2.21. The van der Waals surface area contributed by atoms with E-state index in [-0.39, 0.29) is 43.4 Å². The molecule has 116 valence electrons. The lowest BCUT2D eigenvalue weighted by molar-refractivity contribution is -0.133. The van der Waals surface area contributed by atoms with Crippen LogP contribution in [0, 0.1) is 0 Å². The number of nitrogens with two attached hydrogens (primary N) is 1. The lowest BCUT2D eigenvalue weighted by atomic mass is 10.0. The summed E-state index contributed by atoms with van der Waals surface area (Å²) in [7, 11) is 0. The van der Waals surface area contributed by atoms with Crippen molar-refractivity contribution in [3.8, 4) is 0 Å². The summed E-state index contributed by atoms with van der Waals surface area (Å²) in [5, 5.41) is 2.54. The number of hydrogen-bond donors (Lipinski definition) is 2. The number of halogens is 1. The standard InChI is InChI=1S/C15H21N3O2.ClH/c16-10-14(19)17-11-15(20)18-8-4-7-13(18)9-12-5-2-1-3-6-12;/h1-3,5-6,13H,4,7-11,16H2,(H,17,19);1H. The number of nitrogens with one attached hydrogen (secondary N) is 1. The lowest BCUT2D eigenvalue weighted by Crippen LogP contribution is -2.44. The van der Waals surface area contributed by atoms with Gasteiger partial charge in [0.15, 0.2) is 0 Å². The van der Waals surface area contributed by atoms with E-state index in [9.17, 15) is 9.59 Å². The van der Waals surface area contributed by atoms with Crippen LogP contribution in [-0.2, 0) is 16.0 Å². The second kappa shape index (κ2) is 8.64. The van der Waals surface area contributed by atoms with Crippen LogP contribution >= 0.6 is 12.4 Å². The first kappa shape index (κ1) is 17.5. The Morgan fingerprint density at radius 2 is 2.00 bits per heavy atom. The average Bonchev–Trinajstić information content (AvgIpc) is 2.93. The summed E-state index contributed by atoms with van der Waals surface area (Å²) >= 11 is 0. The summed E-state index contributed by atoms with van der Waals surface area (Å²) in [5.74, 6) is -0.317. The van der Waals surface area contributed by atoms with Gasteiger partial charge in [0.2, 0.25) is 11.8 Å². The summed E-state index contributed by atoms with van der Waals surface area (Å²) in [4.78, 5) is 25.1. The fraction of sp³-hybridized carbons (Fsp3) is 0.467. The van der Waals surface area contributed by atoms with Crippen LogP contribution in [0.3, 0.4) is 0 Å². The highest BCUT2D eigenvalue weighted by atomic mass is 35.5. The maximum atomic E-state index is 12.1. The molecule has 2 rings (SSSR count). The molecule has 0 radical (unpaired) electrons. The summed E-state index contributed by atoms with van der Waals surface area (Å²) in [6.45, 7) is 0.733. The third-order valence-electron chi connectivity index (χ3n) is 3.63. The van der Waals surface area contributed by atoms with Crippen molar-refractivity contribution in [1.29, 1.82) is 0 Å². The zero-order valence-corrected chi connectivity index (χ0v) is 12.8. The number of benzene rings is 1. The zero-order valence-electron chi connectivity index (χ0n) is 12.0. The van der Waals surface area contributed by atoms with Gasteiger partial charge in [0.1, 0.15) is 0 Å². The van der Waals surface area contributed by atoms with E-state index in [1.165, 1.54) is 5.56 Å². The van der Waals surface area contributed by atoms with E-state index in [4.69, 9.17) is 5.73 Å². The Hall–Kier alpha value is -1.59. The van der Waals surface area contributed by atoms with Crippen LogP contribution in [0.25, 0.3) is 0 Å². The Morgan fingerprint density at radius 1 is 1.29 bits per heavy atom. The monoisotopic (exact) mass is 311 g/mol. The highest BCUT2D eigenvalue weighted by molar-refractivity contribution is 5.86. The molecule has 1 atom stereocenters. The molecule has 6 heteroatoms. The smallest absolute Gasteiger partial charge is 0.242 e. The third kappa shape index (κ3) is 5.02. The van der Waals surface area contributed by atoms with Gasteiger partial charge in [-0.15, -0.1) is 12.4 Å². The molecule has 1 unspecified atom stereocenters. The molecule has 1 saturated heterocycles. The number of amides is 2. The van der Waals surface area contributed by atoms with Gasteiger partial charge in [-0.05, 0) is 24.8 Å². The van der Waals surface area contributed by atoms with E-state index in [0.717, 1.165) is 25.8 Å². The quantitative estimate of drug-likeness (QED) is 0.841. The van der Waals surface area contributed by atoms with Crippen molar-refractivity contribution in [2.45, 2.75) is 25.3 Å². The van der Waals surface area contributed by atoms with E-state index in [2.05, 4.69) is 17.4 Å². The molecule has 1 aliphatic heterocycles. The predicted molar refractivity (Wildman–Crippen MR) is 84.2 cm³/mol. The third-order valence-corrected chi connectivity index (χ3v) is 3.63. The largest absolute Gasteiger partial charge is 0.346 e. The molecule has 0 aromatic heterocycles. The lowest BCUT2D eigenvalue weighted by Gasteiger charge is -2.25. The summed E-state index contributed by atoms with van der Waals surface area (Å²) < 4.78 is 0. The Bertz CT molecular complexity index is 467. The minimum atomic E-state index is -0.294. The molecule has 0 spiro atoms. The van der Waals surface area contributed by atoms with E-state index >= 15 is 0 Å². The molecular formula is C15H22ClN3O2. The second-order valence-electron chi connectivity index (χ2n) is 5.05. The predicted octanol–water partition coefficient (Wildman–Crippen LogP) is 0.717. The number of likely N-dealkylation sites (tertiary alicyclic amines) is 1. The molecule has 1 heterocycles. The van der Waals surface area contributed by atoms with Gasteiger partial charge in [0.05, 0.1) is 13.1 Å². The Kier molecular flexibility index (Phi) is 7.19. The van der Waals surface area contributed by atoms with Crippen molar-refractivity contribution in [3.05, 3.63) is 35.9 Å². The number of carbonyl (C=O) groups excluding carboxylic acids is 2. The van der Waals surface area contributed by atoms with Crippen LogP contribution in [0.1, 0.15) is 18.4 Å². The summed E-state index contributed by atoms with van der Waals surface area (Å²) in [6, 6.07) is 10.4. The first-order valence-electron chi connectivity index (χ1n) is 7.01. The van der Waals surface area contributed by atoms with Crippen LogP contribution in [0.5, 0.6) is 0 Å². The molecule has 21 heavy (non-hydrogen) atoms. The number of hydrogen-bond acceptors (Lipinski definition) is 3. The van der Waals surface area contributed by atoms with Gasteiger partial charge in [-0.1, -0.05) is 30.3 Å². The minimum absolute atomic E-state index is 0. The van der Waals surface area contributed by atoms with E-state index < -0.39 is 0 Å². The second-order valence-corrected chi connectivity index (χ2v) is 5.05. The van der Waals surface area contributed by atoms with E-state index in [1.54, 1.807) is 0 Å². The maximum Gasteiger partial charge on any atom is 0.242 e. The fourth-order valence-electron chi connectivity index (χ4n) is 2.61. The van der Waals surface area contributed by atoms with Crippen molar-refractivity contribution in [3.63, 3.8) is 0 Å². The van der Waals surface area contributed by atoms with Crippen LogP contribution in [0.4, 0.5) is 0 Å². The molecule has 0 saturated carbocycles. The fourth-order valence-corrected chi connectivity index (χ4v) is 2.61. The van der Waals surface area contributed by atoms with Crippen LogP contribution in [0.15, 0.2) is 30.3 Å². The average molecular weight is 312 g/mol. The first-order chi connectivity index (χ1) is 9.70. The molecule has 1 aliphatic rings. The van der Waals surface area contributed by atoms with Gasteiger partial charge in [0.25, 0.3) is 0 Å². The Balaban J connectivity index is 0.00000220. The molecule has 1 fully saturated rings. The van der Waals surface area contributed by atoms with Crippen LogP contribution < -0.4 is 11.1 Å². The summed E-state index contributed by atoms with van der Waals surface area (Å²) in [6.07, 6.45) is 2.91. The molecular weight excluding hydrogens is 290 g/mol. The topological polar surface area (TPSA) is 75.4 Å². The van der Waals surface area contributed by atoms with Crippen molar-refractivity contribution in [1.82, 2.24) is 10.2 Å². The highest BCUT2D eigenvalue weighted by Gasteiger charge is 2.28. The summed E-state index contributed by atoms with van der Waals surface area (Å²) in [5.41, 5.74) is 6.44. The molecule has 3 N–H and O–H groups in total. The Labute approximate surface area is 131 Å². The van der Waals surface area contributed by atoms with Crippen molar-refractivity contribution < 1.29 is 9.59 Å². The number of nitrogens with zero attached hydrogens (tertiary/aromatic N) is 1. The molecule has 5 nitrogen and oxygen atoms in total.